The normalized spacial score (nSPS) is 11.4. The van der Waals surface area contributed by atoms with Crippen molar-refractivity contribution in [3.63, 3.8) is 0 Å². The highest BCUT2D eigenvalue weighted by molar-refractivity contribution is 9.10. The summed E-state index contributed by atoms with van der Waals surface area (Å²) < 4.78 is 29.3. The van der Waals surface area contributed by atoms with Crippen molar-refractivity contribution in [2.75, 3.05) is 0 Å². The second-order valence-electron chi connectivity index (χ2n) is 6.33. The Labute approximate surface area is 172 Å². The van der Waals surface area contributed by atoms with Crippen molar-refractivity contribution < 1.29 is 13.2 Å². The van der Waals surface area contributed by atoms with Crippen LogP contribution in [0.1, 0.15) is 34.2 Å². The smallest absolute Gasteiger partial charge is 0.265 e. The molecule has 0 saturated heterocycles. The van der Waals surface area contributed by atoms with Crippen LogP contribution < -0.4 is 4.72 Å². The van der Waals surface area contributed by atoms with Crippen molar-refractivity contribution in [1.82, 2.24) is 14.5 Å². The number of hydrogen-bond acceptors (Lipinski definition) is 4. The molecule has 1 aromatic heterocycles. The Hall–Kier alpha value is -2.45. The molecule has 2 aromatic carbocycles. The molecule has 0 spiro atoms. The quantitative estimate of drug-likeness (QED) is 0.623. The molecular weight excluding hydrogens is 442 g/mol. The summed E-state index contributed by atoms with van der Waals surface area (Å²) in [4.78, 5) is 12.4. The van der Waals surface area contributed by atoms with Gasteiger partial charge in [-0.1, -0.05) is 19.1 Å². The van der Waals surface area contributed by atoms with E-state index < -0.39 is 15.9 Å². The number of aryl methyl sites for hydroxylation is 1. The third-order valence-corrected chi connectivity index (χ3v) is 6.87. The molecule has 8 heteroatoms. The number of amides is 1. The van der Waals surface area contributed by atoms with E-state index in [-0.39, 0.29) is 10.5 Å². The molecule has 0 bridgehead atoms. The predicted molar refractivity (Wildman–Crippen MR) is 111 cm³/mol. The molecule has 0 aliphatic heterocycles. The number of benzene rings is 2. The highest BCUT2D eigenvalue weighted by Gasteiger charge is 2.21. The second kappa shape index (κ2) is 7.89. The summed E-state index contributed by atoms with van der Waals surface area (Å²) in [5, 5.41) is 4.55. The topological polar surface area (TPSA) is 81.1 Å². The molecule has 0 radical (unpaired) electrons. The van der Waals surface area contributed by atoms with Crippen LogP contribution in [-0.2, 0) is 16.4 Å². The van der Waals surface area contributed by atoms with E-state index in [4.69, 9.17) is 0 Å². The Morgan fingerprint density at radius 1 is 1.11 bits per heavy atom. The molecule has 0 aliphatic carbocycles. The molecule has 3 rings (SSSR count). The Morgan fingerprint density at radius 2 is 1.75 bits per heavy atom. The van der Waals surface area contributed by atoms with Gasteiger partial charge >= 0.3 is 0 Å². The van der Waals surface area contributed by atoms with Gasteiger partial charge in [0.2, 0.25) is 0 Å². The zero-order valence-corrected chi connectivity index (χ0v) is 18.1. The summed E-state index contributed by atoms with van der Waals surface area (Å²) in [6.45, 7) is 6.06. The Balaban J connectivity index is 1.84. The van der Waals surface area contributed by atoms with Gasteiger partial charge in [0.25, 0.3) is 15.9 Å². The van der Waals surface area contributed by atoms with Crippen LogP contribution in [0.3, 0.4) is 0 Å². The Kier molecular flexibility index (Phi) is 5.71. The Morgan fingerprint density at radius 3 is 2.32 bits per heavy atom. The molecule has 1 amide bonds. The van der Waals surface area contributed by atoms with Crippen LogP contribution >= 0.6 is 15.9 Å². The van der Waals surface area contributed by atoms with E-state index in [9.17, 15) is 13.2 Å². The highest BCUT2D eigenvalue weighted by Crippen LogP contribution is 2.22. The standard InChI is InChI=1S/C20H20BrN3O3S/c1-4-17-13(2)22-24(14(17)3)16-11-9-15(10-12-16)20(25)23-28(26,27)19-8-6-5-7-18(19)21/h5-12H,4H2,1-3H3,(H,23,25). The maximum absolute atomic E-state index is 12.5. The summed E-state index contributed by atoms with van der Waals surface area (Å²) >= 11 is 3.19. The molecule has 1 N–H and O–H groups in total. The first-order chi connectivity index (χ1) is 13.2. The van der Waals surface area contributed by atoms with Crippen molar-refractivity contribution in [3.05, 3.63) is 75.5 Å². The molecule has 28 heavy (non-hydrogen) atoms. The maximum Gasteiger partial charge on any atom is 0.265 e. The molecule has 6 nitrogen and oxygen atoms in total. The molecular formula is C20H20BrN3O3S. The van der Waals surface area contributed by atoms with Crippen molar-refractivity contribution in [2.24, 2.45) is 0 Å². The zero-order chi connectivity index (χ0) is 20.5. The third kappa shape index (κ3) is 3.88. The lowest BCUT2D eigenvalue weighted by molar-refractivity contribution is 0.0981. The number of carbonyl (C=O) groups is 1. The number of carbonyl (C=O) groups excluding carboxylic acids is 1. The molecule has 0 saturated carbocycles. The molecule has 146 valence electrons. The number of sulfonamides is 1. The van der Waals surface area contributed by atoms with Gasteiger partial charge in [0, 0.05) is 15.7 Å². The van der Waals surface area contributed by atoms with Crippen LogP contribution in [0, 0.1) is 13.8 Å². The van der Waals surface area contributed by atoms with Crippen LogP contribution in [0.15, 0.2) is 57.9 Å². The van der Waals surface area contributed by atoms with Gasteiger partial charge in [0.1, 0.15) is 4.90 Å². The van der Waals surface area contributed by atoms with E-state index in [0.29, 0.717) is 4.47 Å². The summed E-state index contributed by atoms with van der Waals surface area (Å²) in [5.74, 6) is -0.690. The minimum Gasteiger partial charge on any atom is -0.268 e. The van der Waals surface area contributed by atoms with Gasteiger partial charge in [-0.3, -0.25) is 4.79 Å². The fraction of sp³-hybridized carbons (Fsp3) is 0.200. The van der Waals surface area contributed by atoms with Gasteiger partial charge in [-0.15, -0.1) is 0 Å². The van der Waals surface area contributed by atoms with Crippen molar-refractivity contribution >= 4 is 31.9 Å². The van der Waals surface area contributed by atoms with Gasteiger partial charge < -0.3 is 0 Å². The van der Waals surface area contributed by atoms with Gasteiger partial charge in [-0.25, -0.2) is 17.8 Å². The zero-order valence-electron chi connectivity index (χ0n) is 15.7. The number of halogens is 1. The fourth-order valence-electron chi connectivity index (χ4n) is 3.09. The molecule has 0 atom stereocenters. The largest absolute Gasteiger partial charge is 0.268 e. The van der Waals surface area contributed by atoms with E-state index in [1.165, 1.54) is 11.6 Å². The summed E-state index contributed by atoms with van der Waals surface area (Å²) in [7, 11) is -3.98. The van der Waals surface area contributed by atoms with Crippen molar-refractivity contribution in [1.29, 1.82) is 0 Å². The van der Waals surface area contributed by atoms with Gasteiger partial charge in [0.05, 0.1) is 11.4 Å². The minimum atomic E-state index is -3.98. The third-order valence-electron chi connectivity index (χ3n) is 4.52. The van der Waals surface area contributed by atoms with Crippen LogP contribution in [0.2, 0.25) is 0 Å². The van der Waals surface area contributed by atoms with Crippen LogP contribution in [0.4, 0.5) is 0 Å². The molecule has 0 unspecified atom stereocenters. The van der Waals surface area contributed by atoms with Crippen LogP contribution in [0.25, 0.3) is 5.69 Å². The van der Waals surface area contributed by atoms with Gasteiger partial charge in [0.15, 0.2) is 0 Å². The van der Waals surface area contributed by atoms with Crippen molar-refractivity contribution in [3.8, 4) is 5.69 Å². The number of hydrogen-bond donors (Lipinski definition) is 1. The lowest BCUT2D eigenvalue weighted by Gasteiger charge is -2.09. The number of nitrogens with zero attached hydrogens (tertiary/aromatic N) is 2. The first kappa shape index (κ1) is 20.3. The monoisotopic (exact) mass is 461 g/mol. The molecule has 0 aliphatic rings. The van der Waals surface area contributed by atoms with E-state index in [1.807, 2.05) is 18.5 Å². The van der Waals surface area contributed by atoms with Gasteiger partial charge in [-0.05, 0) is 78.2 Å². The van der Waals surface area contributed by atoms with Gasteiger partial charge in [-0.2, -0.15) is 5.10 Å². The van der Waals surface area contributed by atoms with E-state index in [2.05, 4.69) is 32.7 Å². The minimum absolute atomic E-state index is 0.00899. The number of rotatable bonds is 5. The predicted octanol–water partition coefficient (Wildman–Crippen LogP) is 3.93. The average Bonchev–Trinajstić information content (AvgIpc) is 2.95. The molecule has 3 aromatic rings. The first-order valence-corrected chi connectivity index (χ1v) is 11.0. The SMILES string of the molecule is CCc1c(C)nn(-c2ccc(C(=O)NS(=O)(=O)c3ccccc3Br)cc2)c1C. The molecule has 1 heterocycles. The first-order valence-electron chi connectivity index (χ1n) is 8.71. The number of nitrogens with one attached hydrogen (secondary N) is 1. The summed E-state index contributed by atoms with van der Waals surface area (Å²) in [6, 6.07) is 13.0. The fourth-order valence-corrected chi connectivity index (χ4v) is 5.07. The molecule has 0 fully saturated rings. The summed E-state index contributed by atoms with van der Waals surface area (Å²) in [5.41, 5.74) is 4.28. The van der Waals surface area contributed by atoms with Crippen LogP contribution in [-0.4, -0.2) is 24.1 Å². The lowest BCUT2D eigenvalue weighted by atomic mass is 10.1. The Bertz CT molecular complexity index is 1140. The maximum atomic E-state index is 12.5. The highest BCUT2D eigenvalue weighted by atomic mass is 79.9. The lowest BCUT2D eigenvalue weighted by Crippen LogP contribution is -2.30. The van der Waals surface area contributed by atoms with E-state index in [1.54, 1.807) is 42.5 Å². The van der Waals surface area contributed by atoms with Crippen LogP contribution in [0.5, 0.6) is 0 Å². The van der Waals surface area contributed by atoms with E-state index in [0.717, 1.165) is 23.5 Å². The van der Waals surface area contributed by atoms with Crippen molar-refractivity contribution in [2.45, 2.75) is 32.1 Å². The van der Waals surface area contributed by atoms with E-state index >= 15 is 0 Å². The average molecular weight is 462 g/mol. The second-order valence-corrected chi connectivity index (χ2v) is 8.83. The summed E-state index contributed by atoms with van der Waals surface area (Å²) in [6.07, 6.45) is 0.894. The number of aromatic nitrogens is 2.